The van der Waals surface area contributed by atoms with Crippen molar-refractivity contribution in [3.05, 3.63) is 52.1 Å². The lowest BCUT2D eigenvalue weighted by atomic mass is 10.3. The van der Waals surface area contributed by atoms with Crippen molar-refractivity contribution in [1.82, 2.24) is 4.98 Å². The first-order valence-corrected chi connectivity index (χ1v) is 5.63. The molecule has 1 heterocycles. The summed E-state index contributed by atoms with van der Waals surface area (Å²) in [4.78, 5) is 4.02. The molecular weight excluding hydrogens is 261 g/mol. The summed E-state index contributed by atoms with van der Waals surface area (Å²) in [5, 5.41) is 9.90. The van der Waals surface area contributed by atoms with Crippen LogP contribution in [0.4, 0.5) is 0 Å². The highest BCUT2D eigenvalue weighted by atomic mass is 35.5. The van der Waals surface area contributed by atoms with Gasteiger partial charge in [0.05, 0.1) is 6.61 Å². The van der Waals surface area contributed by atoms with Crippen LogP contribution in [0.2, 0.25) is 10.0 Å². The maximum atomic E-state index is 8.92. The standard InChI is InChI=1S/C12H9Cl2NO2/c13-9-1-3-10(4-2-9)17-12-11(14)5-8(7-16)6-15-12/h1-6,16H,7H2. The van der Waals surface area contributed by atoms with Crippen LogP contribution in [0.1, 0.15) is 5.56 Å². The van der Waals surface area contributed by atoms with E-state index in [4.69, 9.17) is 33.0 Å². The predicted octanol–water partition coefficient (Wildman–Crippen LogP) is 3.67. The maximum absolute atomic E-state index is 8.92. The molecule has 1 N–H and O–H groups in total. The maximum Gasteiger partial charge on any atom is 0.238 e. The lowest BCUT2D eigenvalue weighted by molar-refractivity contribution is 0.281. The molecule has 0 aliphatic heterocycles. The van der Waals surface area contributed by atoms with E-state index in [0.29, 0.717) is 27.2 Å². The van der Waals surface area contributed by atoms with Gasteiger partial charge < -0.3 is 9.84 Å². The van der Waals surface area contributed by atoms with Gasteiger partial charge in [0, 0.05) is 11.2 Å². The number of hydrogen-bond donors (Lipinski definition) is 1. The van der Waals surface area contributed by atoms with Crippen molar-refractivity contribution in [1.29, 1.82) is 0 Å². The molecule has 1 aromatic carbocycles. The van der Waals surface area contributed by atoms with E-state index in [1.165, 1.54) is 6.20 Å². The molecule has 0 aliphatic carbocycles. The van der Waals surface area contributed by atoms with Gasteiger partial charge in [0.1, 0.15) is 10.8 Å². The molecule has 0 fully saturated rings. The van der Waals surface area contributed by atoms with Crippen molar-refractivity contribution in [2.75, 3.05) is 0 Å². The summed E-state index contributed by atoms with van der Waals surface area (Å²) < 4.78 is 5.48. The molecule has 0 unspecified atom stereocenters. The zero-order chi connectivity index (χ0) is 12.3. The molecule has 0 aliphatic rings. The van der Waals surface area contributed by atoms with Crippen LogP contribution in [0.25, 0.3) is 0 Å². The Bertz CT molecular complexity index is 514. The van der Waals surface area contributed by atoms with Crippen molar-refractivity contribution in [3.63, 3.8) is 0 Å². The van der Waals surface area contributed by atoms with Gasteiger partial charge >= 0.3 is 0 Å². The highest BCUT2D eigenvalue weighted by Crippen LogP contribution is 2.28. The molecule has 0 saturated carbocycles. The number of hydrogen-bond acceptors (Lipinski definition) is 3. The molecule has 0 spiro atoms. The average molecular weight is 270 g/mol. The fourth-order valence-electron chi connectivity index (χ4n) is 1.24. The Morgan fingerprint density at radius 3 is 2.47 bits per heavy atom. The van der Waals surface area contributed by atoms with Gasteiger partial charge in [-0.15, -0.1) is 0 Å². The molecule has 1 aromatic heterocycles. The third-order valence-electron chi connectivity index (χ3n) is 2.07. The Kier molecular flexibility index (Phi) is 3.84. The average Bonchev–Trinajstić information content (AvgIpc) is 2.34. The molecule has 5 heteroatoms. The smallest absolute Gasteiger partial charge is 0.238 e. The summed E-state index contributed by atoms with van der Waals surface area (Å²) >= 11 is 11.7. The largest absolute Gasteiger partial charge is 0.438 e. The normalized spacial score (nSPS) is 10.3. The number of aliphatic hydroxyl groups excluding tert-OH is 1. The lowest BCUT2D eigenvalue weighted by Crippen LogP contribution is -1.91. The van der Waals surface area contributed by atoms with Crippen LogP contribution in [0.5, 0.6) is 11.6 Å². The molecule has 3 nitrogen and oxygen atoms in total. The second-order valence-electron chi connectivity index (χ2n) is 3.34. The number of aromatic nitrogens is 1. The number of aliphatic hydroxyl groups is 1. The minimum absolute atomic E-state index is 0.103. The molecule has 0 amide bonds. The summed E-state index contributed by atoms with van der Waals surface area (Å²) in [5.74, 6) is 0.895. The summed E-state index contributed by atoms with van der Waals surface area (Å²) in [5.41, 5.74) is 0.637. The number of pyridine rings is 1. The number of rotatable bonds is 3. The van der Waals surface area contributed by atoms with Gasteiger partial charge in [-0.25, -0.2) is 4.98 Å². The summed E-state index contributed by atoms with van der Waals surface area (Å²) in [6.07, 6.45) is 1.51. The molecule has 0 bridgehead atoms. The Labute approximate surface area is 109 Å². The molecule has 17 heavy (non-hydrogen) atoms. The third-order valence-corrected chi connectivity index (χ3v) is 2.60. The van der Waals surface area contributed by atoms with Gasteiger partial charge in [-0.3, -0.25) is 0 Å². The first-order valence-electron chi connectivity index (χ1n) is 4.88. The van der Waals surface area contributed by atoms with E-state index >= 15 is 0 Å². The number of halogens is 2. The minimum atomic E-state index is -0.103. The van der Waals surface area contributed by atoms with E-state index in [2.05, 4.69) is 4.98 Å². The first-order chi connectivity index (χ1) is 8.19. The first kappa shape index (κ1) is 12.2. The fourth-order valence-corrected chi connectivity index (χ4v) is 1.59. The fraction of sp³-hybridized carbons (Fsp3) is 0.0833. The molecule has 88 valence electrons. The van der Waals surface area contributed by atoms with Crippen LogP contribution in [0.3, 0.4) is 0 Å². The molecular formula is C12H9Cl2NO2. The van der Waals surface area contributed by atoms with E-state index < -0.39 is 0 Å². The third kappa shape index (κ3) is 3.09. The zero-order valence-corrected chi connectivity index (χ0v) is 10.2. The number of ether oxygens (including phenoxy) is 1. The van der Waals surface area contributed by atoms with Crippen molar-refractivity contribution >= 4 is 23.2 Å². The van der Waals surface area contributed by atoms with Gasteiger partial charge in [0.15, 0.2) is 0 Å². The van der Waals surface area contributed by atoms with E-state index in [0.717, 1.165) is 0 Å². The topological polar surface area (TPSA) is 42.4 Å². The summed E-state index contributed by atoms with van der Waals surface area (Å²) in [6.45, 7) is -0.103. The molecule has 2 aromatic rings. The van der Waals surface area contributed by atoms with Gasteiger partial charge in [-0.2, -0.15) is 0 Å². The Morgan fingerprint density at radius 1 is 1.18 bits per heavy atom. The van der Waals surface area contributed by atoms with Crippen molar-refractivity contribution in [2.45, 2.75) is 6.61 Å². The van der Waals surface area contributed by atoms with E-state index in [1.54, 1.807) is 30.3 Å². The van der Waals surface area contributed by atoms with Crippen LogP contribution in [-0.4, -0.2) is 10.1 Å². The van der Waals surface area contributed by atoms with E-state index in [1.807, 2.05) is 0 Å². The van der Waals surface area contributed by atoms with Crippen LogP contribution in [0, 0.1) is 0 Å². The van der Waals surface area contributed by atoms with Gasteiger partial charge in [-0.05, 0) is 35.9 Å². The monoisotopic (exact) mass is 269 g/mol. The van der Waals surface area contributed by atoms with Crippen molar-refractivity contribution in [2.24, 2.45) is 0 Å². The highest BCUT2D eigenvalue weighted by Gasteiger charge is 2.06. The summed E-state index contributed by atoms with van der Waals surface area (Å²) in [7, 11) is 0. The Morgan fingerprint density at radius 2 is 1.88 bits per heavy atom. The SMILES string of the molecule is OCc1cnc(Oc2ccc(Cl)cc2)c(Cl)c1. The van der Waals surface area contributed by atoms with Crippen LogP contribution in [0.15, 0.2) is 36.5 Å². The minimum Gasteiger partial charge on any atom is -0.438 e. The summed E-state index contributed by atoms with van der Waals surface area (Å²) in [6, 6.07) is 8.49. The zero-order valence-electron chi connectivity index (χ0n) is 8.73. The van der Waals surface area contributed by atoms with Crippen molar-refractivity contribution < 1.29 is 9.84 Å². The number of nitrogens with zero attached hydrogens (tertiary/aromatic N) is 1. The predicted molar refractivity (Wildman–Crippen MR) is 66.7 cm³/mol. The lowest BCUT2D eigenvalue weighted by Gasteiger charge is -2.07. The Hall–Kier alpha value is -1.29. The van der Waals surface area contributed by atoms with Crippen molar-refractivity contribution in [3.8, 4) is 11.6 Å². The number of benzene rings is 1. The van der Waals surface area contributed by atoms with Gasteiger partial charge in [0.25, 0.3) is 0 Å². The molecule has 0 radical (unpaired) electrons. The van der Waals surface area contributed by atoms with Gasteiger partial charge in [-0.1, -0.05) is 23.2 Å². The van der Waals surface area contributed by atoms with Crippen LogP contribution in [-0.2, 0) is 6.61 Å². The Balaban J connectivity index is 2.21. The molecule has 2 rings (SSSR count). The van der Waals surface area contributed by atoms with Crippen LogP contribution >= 0.6 is 23.2 Å². The highest BCUT2D eigenvalue weighted by molar-refractivity contribution is 6.32. The van der Waals surface area contributed by atoms with Crippen LogP contribution < -0.4 is 4.74 Å². The van der Waals surface area contributed by atoms with E-state index in [-0.39, 0.29) is 6.61 Å². The van der Waals surface area contributed by atoms with E-state index in [9.17, 15) is 0 Å². The molecule has 0 saturated heterocycles. The molecule has 0 atom stereocenters. The second-order valence-corrected chi connectivity index (χ2v) is 4.19. The second kappa shape index (κ2) is 5.36. The van der Waals surface area contributed by atoms with Gasteiger partial charge in [0.2, 0.25) is 5.88 Å². The quantitative estimate of drug-likeness (QED) is 0.925.